The average molecular weight is 444 g/mol. The Balaban J connectivity index is 1.57. The van der Waals surface area contributed by atoms with Crippen LogP contribution < -0.4 is 10.6 Å². The Morgan fingerprint density at radius 1 is 1.19 bits per heavy atom. The maximum absolute atomic E-state index is 12.6. The van der Waals surface area contributed by atoms with E-state index in [0.29, 0.717) is 26.2 Å². The van der Waals surface area contributed by atoms with Gasteiger partial charge in [0.25, 0.3) is 5.91 Å². The number of amides is 2. The van der Waals surface area contributed by atoms with E-state index in [2.05, 4.69) is 22.5 Å². The van der Waals surface area contributed by atoms with Gasteiger partial charge >= 0.3 is 0 Å². The van der Waals surface area contributed by atoms with Crippen LogP contribution in [0.3, 0.4) is 0 Å². The van der Waals surface area contributed by atoms with Gasteiger partial charge in [-0.25, -0.2) is 4.99 Å². The molecule has 2 atom stereocenters. The van der Waals surface area contributed by atoms with Crippen LogP contribution in [-0.4, -0.2) is 73.0 Å². The third-order valence-corrected chi connectivity index (χ3v) is 6.10. The highest BCUT2D eigenvalue weighted by Crippen LogP contribution is 2.17. The van der Waals surface area contributed by atoms with Crippen LogP contribution >= 0.6 is 0 Å². The first kappa shape index (κ1) is 24.0. The molecular weight excluding hydrogens is 406 g/mol. The van der Waals surface area contributed by atoms with Crippen LogP contribution in [0, 0.1) is 5.92 Å². The number of rotatable bonds is 7. The summed E-state index contributed by atoms with van der Waals surface area (Å²) in [4.78, 5) is 33.7. The van der Waals surface area contributed by atoms with E-state index in [1.165, 1.54) is 0 Å². The molecular formula is C24H37N5O3. The number of carbonyl (C=O) groups is 2. The fourth-order valence-corrected chi connectivity index (χ4v) is 3.90. The lowest BCUT2D eigenvalue weighted by Gasteiger charge is -2.37. The zero-order chi connectivity index (χ0) is 22.9. The van der Waals surface area contributed by atoms with Crippen molar-refractivity contribution in [2.24, 2.45) is 10.9 Å². The third kappa shape index (κ3) is 6.45. The molecule has 3 rings (SSSR count). The van der Waals surface area contributed by atoms with Gasteiger partial charge in [0.2, 0.25) is 5.91 Å². The van der Waals surface area contributed by atoms with E-state index in [-0.39, 0.29) is 23.8 Å². The van der Waals surface area contributed by atoms with Crippen LogP contribution in [0.4, 0.5) is 5.69 Å². The molecule has 1 aromatic rings. The first-order valence-corrected chi connectivity index (χ1v) is 11.8. The molecule has 2 fully saturated rings. The van der Waals surface area contributed by atoms with Crippen molar-refractivity contribution in [3.05, 3.63) is 29.8 Å². The van der Waals surface area contributed by atoms with Gasteiger partial charge in [0.05, 0.1) is 6.54 Å². The quantitative estimate of drug-likeness (QED) is 0.499. The average Bonchev–Trinajstić information content (AvgIpc) is 3.36. The summed E-state index contributed by atoms with van der Waals surface area (Å²) in [5.41, 5.74) is 1.84. The topological polar surface area (TPSA) is 86.3 Å². The minimum absolute atomic E-state index is 0.0113. The van der Waals surface area contributed by atoms with Gasteiger partial charge in [-0.2, -0.15) is 0 Å². The first-order valence-electron chi connectivity index (χ1n) is 11.8. The van der Waals surface area contributed by atoms with Gasteiger partial charge in [-0.1, -0.05) is 26.0 Å². The van der Waals surface area contributed by atoms with Crippen molar-refractivity contribution in [1.82, 2.24) is 15.1 Å². The second-order valence-electron chi connectivity index (χ2n) is 8.48. The molecule has 2 amide bonds. The SMILES string of the molecule is CCNC(=NCc1cccc(NC(=O)C(C)CC)c1)N1CCN(C(=O)C2CCCO2)CC1. The number of ether oxygens (including phenoxy) is 1. The number of hydrogen-bond donors (Lipinski definition) is 2. The van der Waals surface area contributed by atoms with E-state index in [0.717, 1.165) is 56.1 Å². The molecule has 0 aliphatic carbocycles. The fraction of sp³-hybridized carbons (Fsp3) is 0.625. The lowest BCUT2D eigenvalue weighted by molar-refractivity contribution is -0.142. The van der Waals surface area contributed by atoms with E-state index >= 15 is 0 Å². The summed E-state index contributed by atoms with van der Waals surface area (Å²) in [5.74, 6) is 1.01. The minimum Gasteiger partial charge on any atom is -0.368 e. The highest BCUT2D eigenvalue weighted by atomic mass is 16.5. The Morgan fingerprint density at radius 2 is 1.94 bits per heavy atom. The van der Waals surface area contributed by atoms with Gasteiger partial charge in [0.1, 0.15) is 6.10 Å². The number of nitrogens with one attached hydrogen (secondary N) is 2. The lowest BCUT2D eigenvalue weighted by atomic mass is 10.1. The van der Waals surface area contributed by atoms with Crippen molar-refractivity contribution >= 4 is 23.5 Å². The zero-order valence-electron chi connectivity index (χ0n) is 19.6. The van der Waals surface area contributed by atoms with Crippen molar-refractivity contribution in [2.75, 3.05) is 44.6 Å². The number of benzene rings is 1. The maximum Gasteiger partial charge on any atom is 0.251 e. The van der Waals surface area contributed by atoms with Gasteiger partial charge in [-0.3, -0.25) is 9.59 Å². The molecule has 0 radical (unpaired) electrons. The molecule has 8 nitrogen and oxygen atoms in total. The van der Waals surface area contributed by atoms with Crippen LogP contribution in [0.5, 0.6) is 0 Å². The standard InChI is InChI=1S/C24H37N5O3/c1-4-18(3)22(30)27-20-9-6-8-19(16-20)17-26-24(25-5-2)29-13-11-28(12-14-29)23(31)21-10-7-15-32-21/h6,8-9,16,18,21H,4-5,7,10-15,17H2,1-3H3,(H,25,26)(H,27,30). The Kier molecular flexibility index (Phi) is 8.90. The van der Waals surface area contributed by atoms with Crippen LogP contribution in [-0.2, 0) is 20.9 Å². The molecule has 2 unspecified atom stereocenters. The predicted molar refractivity (Wildman–Crippen MR) is 126 cm³/mol. The normalized spacial score (nSPS) is 20.2. The highest BCUT2D eigenvalue weighted by molar-refractivity contribution is 5.92. The molecule has 2 aliphatic heterocycles. The van der Waals surface area contributed by atoms with Crippen molar-refractivity contribution < 1.29 is 14.3 Å². The van der Waals surface area contributed by atoms with Crippen LogP contribution in [0.15, 0.2) is 29.3 Å². The number of hydrogen-bond acceptors (Lipinski definition) is 4. The predicted octanol–water partition coefficient (Wildman–Crippen LogP) is 2.46. The van der Waals surface area contributed by atoms with Gasteiger partial charge in [-0.05, 0) is 43.9 Å². The molecule has 32 heavy (non-hydrogen) atoms. The Labute approximate surface area is 191 Å². The molecule has 2 N–H and O–H groups in total. The smallest absolute Gasteiger partial charge is 0.251 e. The molecule has 176 valence electrons. The highest BCUT2D eigenvalue weighted by Gasteiger charge is 2.30. The van der Waals surface area contributed by atoms with E-state index in [9.17, 15) is 9.59 Å². The number of carbonyl (C=O) groups excluding carboxylic acids is 2. The lowest BCUT2D eigenvalue weighted by Crippen LogP contribution is -2.55. The first-order chi connectivity index (χ1) is 15.5. The maximum atomic E-state index is 12.6. The summed E-state index contributed by atoms with van der Waals surface area (Å²) in [6.45, 7) is 10.8. The molecule has 0 bridgehead atoms. The van der Waals surface area contributed by atoms with Gasteiger partial charge < -0.3 is 25.2 Å². The number of guanidine groups is 1. The second-order valence-corrected chi connectivity index (χ2v) is 8.48. The summed E-state index contributed by atoms with van der Waals surface area (Å²) < 4.78 is 5.55. The Bertz CT molecular complexity index is 799. The molecule has 0 aromatic heterocycles. The largest absolute Gasteiger partial charge is 0.368 e. The molecule has 8 heteroatoms. The van der Waals surface area contributed by atoms with Crippen LogP contribution in [0.1, 0.15) is 45.6 Å². The van der Waals surface area contributed by atoms with E-state index in [1.807, 2.05) is 43.0 Å². The summed E-state index contributed by atoms with van der Waals surface area (Å²) >= 11 is 0. The van der Waals surface area contributed by atoms with Gasteiger partial charge in [-0.15, -0.1) is 0 Å². The summed E-state index contributed by atoms with van der Waals surface area (Å²) in [6.07, 6.45) is 2.36. The minimum atomic E-state index is -0.253. The van der Waals surface area contributed by atoms with E-state index in [1.54, 1.807) is 0 Å². The number of piperazine rings is 1. The molecule has 2 aliphatic rings. The Morgan fingerprint density at radius 3 is 2.59 bits per heavy atom. The van der Waals surface area contributed by atoms with Crippen LogP contribution in [0.25, 0.3) is 0 Å². The van der Waals surface area contributed by atoms with Gasteiger partial charge in [0, 0.05) is 50.9 Å². The Hall–Kier alpha value is -2.61. The molecule has 0 saturated carbocycles. The number of aliphatic imine (C=N–C) groups is 1. The van der Waals surface area contributed by atoms with E-state index in [4.69, 9.17) is 9.73 Å². The van der Waals surface area contributed by atoms with Crippen molar-refractivity contribution in [3.8, 4) is 0 Å². The monoisotopic (exact) mass is 443 g/mol. The van der Waals surface area contributed by atoms with Crippen molar-refractivity contribution in [1.29, 1.82) is 0 Å². The molecule has 1 aromatic carbocycles. The second kappa shape index (κ2) is 11.9. The third-order valence-electron chi connectivity index (χ3n) is 6.10. The van der Waals surface area contributed by atoms with Gasteiger partial charge in [0.15, 0.2) is 5.96 Å². The summed E-state index contributed by atoms with van der Waals surface area (Å²) in [7, 11) is 0. The molecule has 2 saturated heterocycles. The number of nitrogens with zero attached hydrogens (tertiary/aromatic N) is 3. The summed E-state index contributed by atoms with van der Waals surface area (Å²) in [5, 5.41) is 6.36. The molecule has 0 spiro atoms. The van der Waals surface area contributed by atoms with Crippen molar-refractivity contribution in [2.45, 2.75) is 52.7 Å². The van der Waals surface area contributed by atoms with Crippen molar-refractivity contribution in [3.63, 3.8) is 0 Å². The van der Waals surface area contributed by atoms with E-state index < -0.39 is 0 Å². The summed E-state index contributed by atoms with van der Waals surface area (Å²) in [6, 6.07) is 7.85. The molecule has 2 heterocycles. The zero-order valence-corrected chi connectivity index (χ0v) is 19.6. The number of anilines is 1. The fourth-order valence-electron chi connectivity index (χ4n) is 3.90. The van der Waals surface area contributed by atoms with Crippen LogP contribution in [0.2, 0.25) is 0 Å².